The molecule has 2 fully saturated rings. The second-order valence-electron chi connectivity index (χ2n) is 7.62. The lowest BCUT2D eigenvalue weighted by molar-refractivity contribution is -0.120. The first kappa shape index (κ1) is 20.4. The van der Waals surface area contributed by atoms with E-state index in [9.17, 15) is 13.2 Å². The minimum atomic E-state index is -3.45. The highest BCUT2D eigenvalue weighted by Crippen LogP contribution is 2.31. The van der Waals surface area contributed by atoms with Crippen LogP contribution in [0.4, 0.5) is 5.69 Å². The van der Waals surface area contributed by atoms with Crippen molar-refractivity contribution in [1.29, 1.82) is 0 Å². The minimum absolute atomic E-state index is 0.0688. The van der Waals surface area contributed by atoms with Crippen LogP contribution in [0.15, 0.2) is 46.0 Å². The van der Waals surface area contributed by atoms with E-state index in [1.54, 1.807) is 17.5 Å². The number of amides is 1. The number of anilines is 1. The molecule has 1 aliphatic carbocycles. The van der Waals surface area contributed by atoms with Crippen LogP contribution in [0, 0.1) is 5.92 Å². The molecule has 156 valence electrons. The zero-order valence-corrected chi connectivity index (χ0v) is 17.9. The van der Waals surface area contributed by atoms with Gasteiger partial charge in [0.2, 0.25) is 5.91 Å². The van der Waals surface area contributed by atoms with E-state index >= 15 is 0 Å². The van der Waals surface area contributed by atoms with Crippen LogP contribution in [0.2, 0.25) is 0 Å². The fourth-order valence-corrected chi connectivity index (χ4v) is 6.60. The van der Waals surface area contributed by atoms with Crippen LogP contribution in [-0.2, 0) is 14.8 Å². The van der Waals surface area contributed by atoms with Gasteiger partial charge in [0.15, 0.2) is 0 Å². The van der Waals surface area contributed by atoms with Gasteiger partial charge in [-0.05, 0) is 62.1 Å². The monoisotopic (exact) mass is 434 g/mol. The molecule has 0 radical (unpaired) electrons. The Morgan fingerprint density at radius 2 is 1.76 bits per heavy atom. The van der Waals surface area contributed by atoms with Gasteiger partial charge in [-0.25, -0.2) is 8.42 Å². The van der Waals surface area contributed by atoms with Gasteiger partial charge in [0.05, 0.1) is 11.8 Å². The van der Waals surface area contributed by atoms with Crippen molar-refractivity contribution in [1.82, 2.24) is 4.31 Å². The SMILES string of the molecule is O=C(Nc1ccccc1OC1CCCC1)C1CCN(S(=O)(=O)c2cccs2)CC1. The van der Waals surface area contributed by atoms with Crippen molar-refractivity contribution in [2.24, 2.45) is 5.92 Å². The molecule has 6 nitrogen and oxygen atoms in total. The highest BCUT2D eigenvalue weighted by atomic mass is 32.2. The Kier molecular flexibility index (Phi) is 6.22. The first-order valence-corrected chi connectivity index (χ1v) is 12.5. The number of ether oxygens (including phenoxy) is 1. The number of piperidine rings is 1. The van der Waals surface area contributed by atoms with Crippen molar-refractivity contribution in [3.05, 3.63) is 41.8 Å². The van der Waals surface area contributed by atoms with Crippen molar-refractivity contribution < 1.29 is 17.9 Å². The summed E-state index contributed by atoms with van der Waals surface area (Å²) in [6.07, 6.45) is 5.74. The smallest absolute Gasteiger partial charge is 0.252 e. The van der Waals surface area contributed by atoms with E-state index in [0.29, 0.717) is 41.6 Å². The van der Waals surface area contributed by atoms with Gasteiger partial charge in [0, 0.05) is 19.0 Å². The number of rotatable bonds is 6. The van der Waals surface area contributed by atoms with Gasteiger partial charge in [-0.2, -0.15) is 4.31 Å². The largest absolute Gasteiger partial charge is 0.488 e. The highest BCUT2D eigenvalue weighted by Gasteiger charge is 2.32. The number of carbonyl (C=O) groups excluding carboxylic acids is 1. The van der Waals surface area contributed by atoms with E-state index in [1.165, 1.54) is 28.5 Å². The summed E-state index contributed by atoms with van der Waals surface area (Å²) in [5.74, 6) is 0.440. The van der Waals surface area contributed by atoms with Gasteiger partial charge in [0.1, 0.15) is 9.96 Å². The third kappa shape index (κ3) is 4.65. The number of nitrogens with one attached hydrogen (secondary N) is 1. The summed E-state index contributed by atoms with van der Waals surface area (Å²) in [5.41, 5.74) is 0.693. The Morgan fingerprint density at radius 3 is 2.45 bits per heavy atom. The second kappa shape index (κ2) is 8.85. The van der Waals surface area contributed by atoms with E-state index in [0.717, 1.165) is 12.8 Å². The van der Waals surface area contributed by atoms with Gasteiger partial charge >= 0.3 is 0 Å². The van der Waals surface area contributed by atoms with Crippen LogP contribution in [0.3, 0.4) is 0 Å². The van der Waals surface area contributed by atoms with Crippen LogP contribution < -0.4 is 10.1 Å². The molecule has 1 aromatic carbocycles. The molecular formula is C21H26N2O4S2. The first-order chi connectivity index (χ1) is 14.0. The molecule has 2 aliphatic rings. The number of benzene rings is 1. The number of thiophene rings is 1. The third-order valence-corrected chi connectivity index (χ3v) is 8.93. The summed E-state index contributed by atoms with van der Waals surface area (Å²) in [7, 11) is -3.45. The molecule has 0 spiro atoms. The van der Waals surface area contributed by atoms with Gasteiger partial charge < -0.3 is 10.1 Å². The molecule has 0 atom stereocenters. The number of hydrogen-bond acceptors (Lipinski definition) is 5. The fourth-order valence-electron chi connectivity index (χ4n) is 3.99. The summed E-state index contributed by atoms with van der Waals surface area (Å²) in [6.45, 7) is 0.719. The Morgan fingerprint density at radius 1 is 1.03 bits per heavy atom. The molecular weight excluding hydrogens is 408 g/mol. The summed E-state index contributed by atoms with van der Waals surface area (Å²) in [6, 6.07) is 10.9. The van der Waals surface area contributed by atoms with E-state index < -0.39 is 10.0 Å². The average molecular weight is 435 g/mol. The van der Waals surface area contributed by atoms with Crippen molar-refractivity contribution in [2.75, 3.05) is 18.4 Å². The van der Waals surface area contributed by atoms with E-state index in [4.69, 9.17) is 4.74 Å². The molecule has 1 aromatic heterocycles. The second-order valence-corrected chi connectivity index (χ2v) is 10.7. The lowest BCUT2D eigenvalue weighted by atomic mass is 9.97. The zero-order valence-electron chi connectivity index (χ0n) is 16.2. The van der Waals surface area contributed by atoms with E-state index in [-0.39, 0.29) is 17.9 Å². The summed E-state index contributed by atoms with van der Waals surface area (Å²) in [5, 5.41) is 4.77. The average Bonchev–Trinajstić information content (AvgIpc) is 3.44. The van der Waals surface area contributed by atoms with Crippen molar-refractivity contribution in [2.45, 2.75) is 48.8 Å². The van der Waals surface area contributed by atoms with E-state index in [2.05, 4.69) is 5.32 Å². The number of nitrogens with zero attached hydrogens (tertiary/aromatic N) is 1. The van der Waals surface area contributed by atoms with E-state index in [1.807, 2.05) is 24.3 Å². The topological polar surface area (TPSA) is 75.7 Å². The predicted molar refractivity (Wildman–Crippen MR) is 114 cm³/mol. The molecule has 0 unspecified atom stereocenters. The maximum absolute atomic E-state index is 12.8. The minimum Gasteiger partial charge on any atom is -0.488 e. The summed E-state index contributed by atoms with van der Waals surface area (Å²) >= 11 is 1.22. The van der Waals surface area contributed by atoms with Crippen molar-refractivity contribution >= 4 is 33.0 Å². The van der Waals surface area contributed by atoms with Gasteiger partial charge in [-0.15, -0.1) is 11.3 Å². The van der Waals surface area contributed by atoms with Crippen LogP contribution in [-0.4, -0.2) is 37.8 Å². The van der Waals surface area contributed by atoms with Crippen LogP contribution >= 0.6 is 11.3 Å². The lowest BCUT2D eigenvalue weighted by Crippen LogP contribution is -2.41. The molecule has 2 heterocycles. The fraction of sp³-hybridized carbons (Fsp3) is 0.476. The van der Waals surface area contributed by atoms with Gasteiger partial charge in [-0.3, -0.25) is 4.79 Å². The molecule has 29 heavy (non-hydrogen) atoms. The molecule has 2 aromatic rings. The Bertz CT molecular complexity index is 929. The van der Waals surface area contributed by atoms with Crippen molar-refractivity contribution in [3.8, 4) is 5.75 Å². The Balaban J connectivity index is 1.36. The normalized spacial score (nSPS) is 19.3. The summed E-state index contributed by atoms with van der Waals surface area (Å²) < 4.78 is 33.2. The maximum Gasteiger partial charge on any atom is 0.252 e. The molecule has 1 saturated heterocycles. The lowest BCUT2D eigenvalue weighted by Gasteiger charge is -2.30. The molecule has 0 bridgehead atoms. The van der Waals surface area contributed by atoms with Gasteiger partial charge in [-0.1, -0.05) is 18.2 Å². The van der Waals surface area contributed by atoms with Crippen molar-refractivity contribution in [3.63, 3.8) is 0 Å². The molecule has 1 N–H and O–H groups in total. The zero-order chi connectivity index (χ0) is 20.3. The number of para-hydroxylation sites is 2. The quantitative estimate of drug-likeness (QED) is 0.742. The molecule has 1 amide bonds. The maximum atomic E-state index is 12.8. The molecule has 1 aliphatic heterocycles. The predicted octanol–water partition coefficient (Wildman–Crippen LogP) is 4.11. The summed E-state index contributed by atoms with van der Waals surface area (Å²) in [4.78, 5) is 12.8. The Labute approximate surface area is 175 Å². The number of sulfonamides is 1. The third-order valence-electron chi connectivity index (χ3n) is 5.65. The molecule has 4 rings (SSSR count). The number of carbonyl (C=O) groups is 1. The number of hydrogen-bond donors (Lipinski definition) is 1. The molecule has 8 heteroatoms. The van der Waals surface area contributed by atoms with Crippen LogP contribution in [0.25, 0.3) is 0 Å². The Hall–Kier alpha value is -1.90. The van der Waals surface area contributed by atoms with Crippen LogP contribution in [0.1, 0.15) is 38.5 Å². The standard InChI is InChI=1S/C21H26N2O4S2/c24-21(22-18-8-3-4-9-19(18)27-17-6-1-2-7-17)16-11-13-23(14-12-16)29(25,26)20-10-5-15-28-20/h3-5,8-10,15-17H,1-2,6-7,11-14H2,(H,22,24). The molecule has 1 saturated carbocycles. The van der Waals surface area contributed by atoms with Gasteiger partial charge in [0.25, 0.3) is 10.0 Å². The van der Waals surface area contributed by atoms with Crippen LogP contribution in [0.5, 0.6) is 5.75 Å². The highest BCUT2D eigenvalue weighted by molar-refractivity contribution is 7.91. The first-order valence-electron chi connectivity index (χ1n) is 10.1.